The summed E-state index contributed by atoms with van der Waals surface area (Å²) in [5.74, 6) is 0.834. The third-order valence-electron chi connectivity index (χ3n) is 7.11. The van der Waals surface area contributed by atoms with Gasteiger partial charge in [0.1, 0.15) is 5.82 Å². The first-order valence-electron chi connectivity index (χ1n) is 12.8. The number of nitrogens with zero attached hydrogens (tertiary/aromatic N) is 4. The molecule has 5 rings (SSSR count). The summed E-state index contributed by atoms with van der Waals surface area (Å²) in [6.45, 7) is 8.71. The summed E-state index contributed by atoms with van der Waals surface area (Å²) in [6.07, 6.45) is 3.99. The lowest BCUT2D eigenvalue weighted by atomic mass is 9.96. The monoisotopic (exact) mass is 524 g/mol. The Kier molecular flexibility index (Phi) is 7.24. The van der Waals surface area contributed by atoms with E-state index in [1.165, 1.54) is 0 Å². The van der Waals surface area contributed by atoms with Crippen molar-refractivity contribution in [2.45, 2.75) is 46.2 Å². The van der Waals surface area contributed by atoms with Crippen molar-refractivity contribution in [2.24, 2.45) is 0 Å². The molecule has 0 saturated carbocycles. The van der Waals surface area contributed by atoms with Crippen LogP contribution < -0.4 is 10.6 Å². The molecule has 38 heavy (non-hydrogen) atoms. The Hall–Kier alpha value is -4.04. The minimum absolute atomic E-state index is 0.0449. The number of para-hydroxylation sites is 1. The predicted octanol–water partition coefficient (Wildman–Crippen LogP) is 5.50. The number of pyridine rings is 2. The summed E-state index contributed by atoms with van der Waals surface area (Å²) in [5.41, 5.74) is 7.19. The molecule has 2 atom stereocenters. The lowest BCUT2D eigenvalue weighted by Crippen LogP contribution is -2.33. The molecule has 4 aromatic rings. The zero-order valence-corrected chi connectivity index (χ0v) is 22.9. The predicted molar refractivity (Wildman–Crippen MR) is 154 cm³/mol. The highest BCUT2D eigenvalue weighted by Crippen LogP contribution is 2.41. The molecule has 1 amide bonds. The van der Waals surface area contributed by atoms with Gasteiger partial charge in [-0.15, -0.1) is 0 Å². The number of aryl methyl sites for hydroxylation is 3. The average Bonchev–Trinajstić information content (AvgIpc) is 3.39. The van der Waals surface area contributed by atoms with Gasteiger partial charge in [-0.3, -0.25) is 9.78 Å². The largest absolute Gasteiger partial charge is 0.352 e. The van der Waals surface area contributed by atoms with Crippen LogP contribution in [-0.4, -0.2) is 37.0 Å². The van der Waals surface area contributed by atoms with Gasteiger partial charge in [0, 0.05) is 42.4 Å². The van der Waals surface area contributed by atoms with Crippen molar-refractivity contribution in [3.8, 4) is 5.82 Å². The summed E-state index contributed by atoms with van der Waals surface area (Å²) < 4.78 is 2.18. The van der Waals surface area contributed by atoms with Crippen molar-refractivity contribution < 1.29 is 4.79 Å². The standard InChI is InChI=1S/C30H32N6OS/c1-19-12-13-26(32-18-19)36-21(3)17-23(22(36)4)29-28(25-11-7-8-15-31-25)34-30(38)35(29)16-14-27(37)33-24-10-6-5-9-20(24)2/h5-13,15,17-18,28-29H,14,16H2,1-4H3,(H,33,37)(H,34,38)/t28-,29-/m1/s1. The molecular weight excluding hydrogens is 492 g/mol. The normalized spacial score (nSPS) is 16.9. The van der Waals surface area contributed by atoms with Crippen molar-refractivity contribution in [1.82, 2.24) is 24.8 Å². The molecule has 194 valence electrons. The van der Waals surface area contributed by atoms with Crippen molar-refractivity contribution >= 4 is 28.9 Å². The number of amides is 1. The number of thiocarbonyl (C=S) groups is 1. The molecule has 0 radical (unpaired) electrons. The maximum Gasteiger partial charge on any atom is 0.226 e. The van der Waals surface area contributed by atoms with E-state index in [9.17, 15) is 4.79 Å². The van der Waals surface area contributed by atoms with Crippen LogP contribution in [0.1, 0.15) is 52.3 Å². The zero-order valence-electron chi connectivity index (χ0n) is 22.1. The van der Waals surface area contributed by atoms with Crippen LogP contribution in [0, 0.1) is 27.7 Å². The fourth-order valence-electron chi connectivity index (χ4n) is 5.16. The average molecular weight is 525 g/mol. The molecule has 0 bridgehead atoms. The molecule has 8 heteroatoms. The molecule has 1 fully saturated rings. The van der Waals surface area contributed by atoms with Gasteiger partial charge in [0.05, 0.1) is 17.8 Å². The van der Waals surface area contributed by atoms with Crippen LogP contribution in [0.15, 0.2) is 73.1 Å². The lowest BCUT2D eigenvalue weighted by molar-refractivity contribution is -0.116. The number of nitrogens with one attached hydrogen (secondary N) is 2. The fourth-order valence-corrected chi connectivity index (χ4v) is 5.50. The highest BCUT2D eigenvalue weighted by molar-refractivity contribution is 7.80. The number of hydrogen-bond acceptors (Lipinski definition) is 4. The molecule has 0 spiro atoms. The van der Waals surface area contributed by atoms with Crippen LogP contribution >= 0.6 is 12.2 Å². The maximum atomic E-state index is 12.9. The van der Waals surface area contributed by atoms with Crippen LogP contribution in [0.2, 0.25) is 0 Å². The third kappa shape index (κ3) is 5.04. The van der Waals surface area contributed by atoms with E-state index in [-0.39, 0.29) is 18.0 Å². The number of aromatic nitrogens is 3. The van der Waals surface area contributed by atoms with Gasteiger partial charge >= 0.3 is 0 Å². The second kappa shape index (κ2) is 10.8. The molecule has 1 aromatic carbocycles. The Morgan fingerprint density at radius 2 is 1.82 bits per heavy atom. The second-order valence-corrected chi connectivity index (χ2v) is 10.2. The Morgan fingerprint density at radius 3 is 2.53 bits per heavy atom. The summed E-state index contributed by atoms with van der Waals surface area (Å²) in [6, 6.07) is 19.7. The van der Waals surface area contributed by atoms with Crippen molar-refractivity contribution in [1.29, 1.82) is 0 Å². The minimum Gasteiger partial charge on any atom is -0.352 e. The molecule has 4 heterocycles. The van der Waals surface area contributed by atoms with Gasteiger partial charge in [-0.05, 0) is 86.9 Å². The number of carbonyl (C=O) groups is 1. The first-order valence-corrected chi connectivity index (χ1v) is 13.2. The molecule has 0 aliphatic carbocycles. The summed E-state index contributed by atoms with van der Waals surface area (Å²) >= 11 is 5.82. The van der Waals surface area contributed by atoms with E-state index >= 15 is 0 Å². The quantitative estimate of drug-likeness (QED) is 0.311. The van der Waals surface area contributed by atoms with Crippen molar-refractivity contribution in [3.63, 3.8) is 0 Å². The number of rotatable bonds is 7. The second-order valence-electron chi connectivity index (χ2n) is 9.79. The van der Waals surface area contributed by atoms with Crippen molar-refractivity contribution in [2.75, 3.05) is 11.9 Å². The van der Waals surface area contributed by atoms with E-state index in [0.29, 0.717) is 18.1 Å². The summed E-state index contributed by atoms with van der Waals surface area (Å²) in [4.78, 5) is 24.4. The molecule has 2 N–H and O–H groups in total. The SMILES string of the molecule is Cc1ccc(-n2c(C)cc([C@@H]3[C@@H](c4ccccn4)NC(=S)N3CCC(=O)Nc3ccccc3C)c2C)nc1. The number of hydrogen-bond donors (Lipinski definition) is 2. The zero-order chi connectivity index (χ0) is 26.8. The van der Waals surface area contributed by atoms with Crippen LogP contribution in [-0.2, 0) is 4.79 Å². The van der Waals surface area contributed by atoms with Gasteiger partial charge in [-0.25, -0.2) is 4.98 Å². The minimum atomic E-state index is -0.150. The Labute approximate surface area is 228 Å². The first-order chi connectivity index (χ1) is 18.3. The highest BCUT2D eigenvalue weighted by atomic mass is 32.1. The molecule has 3 aromatic heterocycles. The van der Waals surface area contributed by atoms with E-state index in [1.54, 1.807) is 6.20 Å². The molecule has 1 aliphatic heterocycles. The number of benzene rings is 1. The Bertz CT molecular complexity index is 1460. The van der Waals surface area contributed by atoms with Crippen LogP contribution in [0.5, 0.6) is 0 Å². The van der Waals surface area contributed by atoms with Crippen molar-refractivity contribution in [3.05, 3.63) is 107 Å². The summed E-state index contributed by atoms with van der Waals surface area (Å²) in [7, 11) is 0. The fraction of sp³-hybridized carbons (Fsp3) is 0.267. The smallest absolute Gasteiger partial charge is 0.226 e. The molecule has 1 saturated heterocycles. The van der Waals surface area contributed by atoms with Gasteiger partial charge in [0.25, 0.3) is 0 Å². The first kappa shape index (κ1) is 25.6. The maximum absolute atomic E-state index is 12.9. The van der Waals surface area contributed by atoms with Gasteiger partial charge in [-0.2, -0.15) is 0 Å². The van der Waals surface area contributed by atoms with E-state index in [2.05, 4.69) is 56.0 Å². The van der Waals surface area contributed by atoms with Gasteiger partial charge in [0.15, 0.2) is 5.11 Å². The van der Waals surface area contributed by atoms with Crippen LogP contribution in [0.25, 0.3) is 5.82 Å². The number of carbonyl (C=O) groups excluding carboxylic acids is 1. The summed E-state index contributed by atoms with van der Waals surface area (Å²) in [5, 5.41) is 7.15. The topological polar surface area (TPSA) is 75.1 Å². The van der Waals surface area contributed by atoms with Crippen LogP contribution in [0.3, 0.4) is 0 Å². The molecule has 1 aliphatic rings. The molecular formula is C30H32N6OS. The lowest BCUT2D eigenvalue weighted by Gasteiger charge is -2.28. The third-order valence-corrected chi connectivity index (χ3v) is 7.46. The van der Waals surface area contributed by atoms with E-state index in [0.717, 1.165) is 45.3 Å². The van der Waals surface area contributed by atoms with Gasteiger partial charge in [-0.1, -0.05) is 30.3 Å². The van der Waals surface area contributed by atoms with E-state index in [1.807, 2.05) is 68.6 Å². The molecule has 7 nitrogen and oxygen atoms in total. The molecule has 0 unspecified atom stereocenters. The Morgan fingerprint density at radius 1 is 1.03 bits per heavy atom. The van der Waals surface area contributed by atoms with Gasteiger partial charge in [0.2, 0.25) is 5.91 Å². The van der Waals surface area contributed by atoms with E-state index in [4.69, 9.17) is 12.2 Å². The Balaban J connectivity index is 1.47. The van der Waals surface area contributed by atoms with Gasteiger partial charge < -0.3 is 20.1 Å². The van der Waals surface area contributed by atoms with E-state index < -0.39 is 0 Å². The number of anilines is 1. The van der Waals surface area contributed by atoms with Crippen LogP contribution in [0.4, 0.5) is 5.69 Å². The highest BCUT2D eigenvalue weighted by Gasteiger charge is 2.41.